The quantitative estimate of drug-likeness (QED) is 0.854. The Morgan fingerprint density at radius 1 is 1.26 bits per heavy atom. The molecule has 0 N–H and O–H groups in total. The summed E-state index contributed by atoms with van der Waals surface area (Å²) in [7, 11) is 3.48. The molecule has 6 heteroatoms. The smallest absolute Gasteiger partial charge is 0.251 e. The maximum absolute atomic E-state index is 13.3. The van der Waals surface area contributed by atoms with Crippen LogP contribution in [0.3, 0.4) is 0 Å². The molecule has 0 saturated carbocycles. The minimum absolute atomic E-state index is 0.0162. The predicted octanol–water partition coefficient (Wildman–Crippen LogP) is 2.17. The van der Waals surface area contributed by atoms with E-state index in [9.17, 15) is 13.6 Å². The third-order valence-corrected chi connectivity index (χ3v) is 4.75. The fourth-order valence-electron chi connectivity index (χ4n) is 3.55. The van der Waals surface area contributed by atoms with Gasteiger partial charge in [0.25, 0.3) is 5.91 Å². The molecule has 23 heavy (non-hydrogen) atoms. The van der Waals surface area contributed by atoms with Gasteiger partial charge >= 0.3 is 0 Å². The van der Waals surface area contributed by atoms with Gasteiger partial charge in [-0.2, -0.15) is 0 Å². The molecule has 1 amide bonds. The van der Waals surface area contributed by atoms with Crippen molar-refractivity contribution in [1.82, 2.24) is 9.80 Å². The van der Waals surface area contributed by atoms with Crippen LogP contribution in [0, 0.1) is 11.6 Å². The minimum atomic E-state index is -0.820. The van der Waals surface area contributed by atoms with Gasteiger partial charge in [0.1, 0.15) is 6.10 Å². The third kappa shape index (κ3) is 3.38. The predicted molar refractivity (Wildman–Crippen MR) is 81.8 cm³/mol. The lowest BCUT2D eigenvalue weighted by molar-refractivity contribution is -0.152. The van der Waals surface area contributed by atoms with Crippen molar-refractivity contribution < 1.29 is 18.3 Å². The number of hydrogen-bond acceptors (Lipinski definition) is 3. The summed E-state index contributed by atoms with van der Waals surface area (Å²) in [5.74, 6) is -1.61. The summed E-state index contributed by atoms with van der Waals surface area (Å²) < 4.78 is 32.3. The lowest BCUT2D eigenvalue weighted by Crippen LogP contribution is -2.47. The highest BCUT2D eigenvalue weighted by Crippen LogP contribution is 2.33. The van der Waals surface area contributed by atoms with E-state index in [1.54, 1.807) is 25.1 Å². The van der Waals surface area contributed by atoms with Gasteiger partial charge in [-0.3, -0.25) is 9.69 Å². The van der Waals surface area contributed by atoms with Gasteiger partial charge in [-0.1, -0.05) is 6.07 Å². The molecule has 0 spiro atoms. The van der Waals surface area contributed by atoms with E-state index in [0.717, 1.165) is 24.9 Å². The van der Waals surface area contributed by atoms with Crippen LogP contribution in [0.1, 0.15) is 24.8 Å². The average molecular weight is 324 g/mol. The number of nitrogens with zero attached hydrogens (tertiary/aromatic N) is 2. The number of ether oxygens (including phenoxy) is 1. The van der Waals surface area contributed by atoms with E-state index in [-0.39, 0.29) is 24.2 Å². The van der Waals surface area contributed by atoms with Crippen molar-refractivity contribution in [3.05, 3.63) is 35.4 Å². The largest absolute Gasteiger partial charge is 0.363 e. The van der Waals surface area contributed by atoms with Crippen molar-refractivity contribution in [1.29, 1.82) is 0 Å². The standard InChI is InChI=1S/C17H22F2N2O2/c1-20(2)17(22)16-6-5-14-15(23-16)7-8-21(14)10-11-3-4-12(18)13(19)9-11/h3-4,9,14-16H,5-8,10H2,1-2H3/t14-,15-,16+/m1/s1. The molecule has 4 nitrogen and oxygen atoms in total. The van der Waals surface area contributed by atoms with Crippen LogP contribution in [0.2, 0.25) is 0 Å². The molecule has 2 fully saturated rings. The fourth-order valence-corrected chi connectivity index (χ4v) is 3.55. The summed E-state index contributed by atoms with van der Waals surface area (Å²) in [6.45, 7) is 1.42. The monoisotopic (exact) mass is 324 g/mol. The fraction of sp³-hybridized carbons (Fsp3) is 0.588. The number of carbonyl (C=O) groups excluding carboxylic acids is 1. The molecule has 1 aromatic rings. The summed E-state index contributed by atoms with van der Waals surface area (Å²) in [6.07, 6.45) is 2.15. The number of benzene rings is 1. The lowest BCUT2D eigenvalue weighted by atomic mass is 9.98. The first kappa shape index (κ1) is 16.3. The Bertz CT molecular complexity index is 594. The van der Waals surface area contributed by atoms with Gasteiger partial charge in [0, 0.05) is 33.2 Å². The molecule has 2 aliphatic heterocycles. The molecule has 0 bridgehead atoms. The number of halogens is 2. The maximum atomic E-state index is 13.3. The second kappa shape index (κ2) is 6.53. The summed E-state index contributed by atoms with van der Waals surface area (Å²) in [4.78, 5) is 15.9. The Morgan fingerprint density at radius 2 is 2.04 bits per heavy atom. The van der Waals surface area contributed by atoms with Gasteiger partial charge in [0.15, 0.2) is 11.6 Å². The van der Waals surface area contributed by atoms with Crippen molar-refractivity contribution in [2.75, 3.05) is 20.6 Å². The van der Waals surface area contributed by atoms with E-state index in [2.05, 4.69) is 4.90 Å². The molecular formula is C17H22F2N2O2. The van der Waals surface area contributed by atoms with E-state index in [0.29, 0.717) is 13.0 Å². The van der Waals surface area contributed by atoms with E-state index in [1.807, 2.05) is 0 Å². The Hall–Kier alpha value is -1.53. The molecule has 3 atom stereocenters. The minimum Gasteiger partial charge on any atom is -0.363 e. The highest BCUT2D eigenvalue weighted by atomic mass is 19.2. The zero-order valence-electron chi connectivity index (χ0n) is 13.5. The molecule has 126 valence electrons. The molecule has 2 heterocycles. The normalized spacial score (nSPS) is 27.7. The number of fused-ring (bicyclic) bond motifs is 1. The Morgan fingerprint density at radius 3 is 2.74 bits per heavy atom. The molecule has 0 aliphatic carbocycles. The summed E-state index contributed by atoms with van der Waals surface area (Å²) in [5, 5.41) is 0. The van der Waals surface area contributed by atoms with E-state index < -0.39 is 11.6 Å². The maximum Gasteiger partial charge on any atom is 0.251 e. The number of likely N-dealkylation sites (tertiary alicyclic amines) is 1. The zero-order valence-corrected chi connectivity index (χ0v) is 13.5. The van der Waals surface area contributed by atoms with Crippen molar-refractivity contribution >= 4 is 5.91 Å². The van der Waals surface area contributed by atoms with Gasteiger partial charge in [0.2, 0.25) is 0 Å². The first-order valence-corrected chi connectivity index (χ1v) is 8.00. The number of likely N-dealkylation sites (N-methyl/N-ethyl adjacent to an activating group) is 1. The molecule has 1 aromatic carbocycles. The molecule has 0 aromatic heterocycles. The Balaban J connectivity index is 1.63. The van der Waals surface area contributed by atoms with Gasteiger partial charge in [0.05, 0.1) is 6.10 Å². The van der Waals surface area contributed by atoms with E-state index in [4.69, 9.17) is 4.74 Å². The van der Waals surface area contributed by atoms with Crippen molar-refractivity contribution in [3.63, 3.8) is 0 Å². The summed E-state index contributed by atoms with van der Waals surface area (Å²) >= 11 is 0. The average Bonchev–Trinajstić information content (AvgIpc) is 2.92. The number of carbonyl (C=O) groups is 1. The van der Waals surface area contributed by atoms with Crippen LogP contribution in [0.15, 0.2) is 18.2 Å². The molecular weight excluding hydrogens is 302 g/mol. The Labute approximate surface area is 135 Å². The van der Waals surface area contributed by atoms with Crippen LogP contribution in [0.4, 0.5) is 8.78 Å². The van der Waals surface area contributed by atoms with Crippen LogP contribution in [0.25, 0.3) is 0 Å². The SMILES string of the molecule is CN(C)C(=O)[C@@H]1CC[C@@H]2[C@@H](CCN2Cc2ccc(F)c(F)c2)O1. The highest BCUT2D eigenvalue weighted by Gasteiger charge is 2.41. The third-order valence-electron chi connectivity index (χ3n) is 4.75. The van der Waals surface area contributed by atoms with Crippen molar-refractivity contribution in [2.45, 2.75) is 44.1 Å². The number of hydrogen-bond donors (Lipinski definition) is 0. The lowest BCUT2D eigenvalue weighted by Gasteiger charge is -2.36. The molecule has 0 unspecified atom stereocenters. The summed E-state index contributed by atoms with van der Waals surface area (Å²) in [6, 6.07) is 4.29. The first-order valence-electron chi connectivity index (χ1n) is 8.00. The van der Waals surface area contributed by atoms with Crippen LogP contribution in [-0.4, -0.2) is 54.6 Å². The van der Waals surface area contributed by atoms with E-state index >= 15 is 0 Å². The number of rotatable bonds is 3. The summed E-state index contributed by atoms with van der Waals surface area (Å²) in [5.41, 5.74) is 0.760. The molecule has 3 rings (SSSR count). The van der Waals surface area contributed by atoms with Gasteiger partial charge < -0.3 is 9.64 Å². The number of amides is 1. The van der Waals surface area contributed by atoms with Gasteiger partial charge in [-0.25, -0.2) is 8.78 Å². The van der Waals surface area contributed by atoms with Gasteiger partial charge in [-0.15, -0.1) is 0 Å². The highest BCUT2D eigenvalue weighted by molar-refractivity contribution is 5.80. The molecule has 0 radical (unpaired) electrons. The topological polar surface area (TPSA) is 32.8 Å². The van der Waals surface area contributed by atoms with Crippen LogP contribution in [0.5, 0.6) is 0 Å². The molecule has 2 saturated heterocycles. The van der Waals surface area contributed by atoms with Crippen LogP contribution in [-0.2, 0) is 16.1 Å². The first-order chi connectivity index (χ1) is 11.0. The van der Waals surface area contributed by atoms with Gasteiger partial charge in [-0.05, 0) is 37.0 Å². The van der Waals surface area contributed by atoms with Crippen LogP contribution < -0.4 is 0 Å². The second-order valence-corrected chi connectivity index (χ2v) is 6.55. The van der Waals surface area contributed by atoms with E-state index in [1.165, 1.54) is 12.1 Å². The zero-order chi connectivity index (χ0) is 16.6. The Kier molecular flexibility index (Phi) is 4.64. The van der Waals surface area contributed by atoms with Crippen LogP contribution >= 0.6 is 0 Å². The second-order valence-electron chi connectivity index (χ2n) is 6.55. The van der Waals surface area contributed by atoms with Crippen molar-refractivity contribution in [3.8, 4) is 0 Å². The van der Waals surface area contributed by atoms with Crippen molar-refractivity contribution in [2.24, 2.45) is 0 Å². The molecule has 2 aliphatic rings.